The van der Waals surface area contributed by atoms with E-state index in [0.717, 1.165) is 0 Å². The highest BCUT2D eigenvalue weighted by atomic mass is 16.4. The molecule has 116 valence electrons. The minimum atomic E-state index is -1.37. The number of nitrogens with two attached hydrogens (primary N) is 1. The molecule has 0 aliphatic rings. The molecule has 0 heterocycles. The number of carboxylic acid groups (broad SMARTS) is 1. The van der Waals surface area contributed by atoms with Crippen LogP contribution in [0.1, 0.15) is 42.6 Å². The number of carbonyl (C=O) groups excluding carboxylic acids is 1. The lowest BCUT2D eigenvalue weighted by molar-refractivity contribution is -0.138. The number of hydrogen-bond acceptors (Lipinski definition) is 5. The van der Waals surface area contributed by atoms with Gasteiger partial charge in [0.1, 0.15) is 11.8 Å². The van der Waals surface area contributed by atoms with Gasteiger partial charge in [-0.2, -0.15) is 0 Å². The van der Waals surface area contributed by atoms with Gasteiger partial charge in [0, 0.05) is 11.1 Å². The van der Waals surface area contributed by atoms with Crippen LogP contribution in [0.5, 0.6) is 0 Å². The molecule has 6 heteroatoms. The Morgan fingerprint density at radius 2 is 2.00 bits per heavy atom. The van der Waals surface area contributed by atoms with Crippen LogP contribution in [-0.4, -0.2) is 34.6 Å². The van der Waals surface area contributed by atoms with E-state index >= 15 is 0 Å². The average Bonchev–Trinajstić information content (AvgIpc) is 2.43. The minimum absolute atomic E-state index is 0.124. The summed E-state index contributed by atoms with van der Waals surface area (Å²) in [4.78, 5) is 22.2. The van der Waals surface area contributed by atoms with Crippen molar-refractivity contribution >= 4 is 11.8 Å². The summed E-state index contributed by atoms with van der Waals surface area (Å²) in [5.41, 5.74) is 5.00. The van der Waals surface area contributed by atoms with Gasteiger partial charge in [0.2, 0.25) is 0 Å². The van der Waals surface area contributed by atoms with Crippen LogP contribution in [0.4, 0.5) is 0 Å². The van der Waals surface area contributed by atoms with Crippen LogP contribution in [0.15, 0.2) is 24.3 Å². The molecule has 0 saturated heterocycles. The third-order valence-electron chi connectivity index (χ3n) is 3.31. The van der Waals surface area contributed by atoms with Gasteiger partial charge in [-0.3, -0.25) is 14.9 Å². The topological polar surface area (TPSA) is 113 Å². The lowest BCUT2D eigenvalue weighted by Gasteiger charge is -2.27. The molecule has 2 atom stereocenters. The van der Waals surface area contributed by atoms with E-state index in [4.69, 9.17) is 10.8 Å². The molecule has 0 aromatic heterocycles. The van der Waals surface area contributed by atoms with Crippen LogP contribution in [-0.2, 0) is 10.5 Å². The number of aliphatic carboxylic acids is 1. The predicted molar refractivity (Wildman–Crippen MR) is 78.9 cm³/mol. The number of Topliss-reactive ketones (excluding diaryl/α,β-unsaturated/α-hetero) is 1. The summed E-state index contributed by atoms with van der Waals surface area (Å²) in [6.45, 7) is 3.40. The van der Waals surface area contributed by atoms with Crippen molar-refractivity contribution in [3.05, 3.63) is 35.4 Å². The van der Waals surface area contributed by atoms with Gasteiger partial charge in [0.25, 0.3) is 0 Å². The lowest BCUT2D eigenvalue weighted by Crippen LogP contribution is -2.41. The first-order valence-electron chi connectivity index (χ1n) is 6.82. The summed E-state index contributed by atoms with van der Waals surface area (Å²) in [6, 6.07) is 5.93. The highest BCUT2D eigenvalue weighted by Crippen LogP contribution is 2.22. The van der Waals surface area contributed by atoms with Gasteiger partial charge >= 0.3 is 5.97 Å². The fourth-order valence-corrected chi connectivity index (χ4v) is 2.09. The Morgan fingerprint density at radius 1 is 1.38 bits per heavy atom. The van der Waals surface area contributed by atoms with E-state index < -0.39 is 17.7 Å². The average molecular weight is 294 g/mol. The van der Waals surface area contributed by atoms with E-state index in [1.54, 1.807) is 31.2 Å². The van der Waals surface area contributed by atoms with Crippen molar-refractivity contribution in [2.24, 2.45) is 5.73 Å². The molecule has 1 rings (SSSR count). The zero-order valence-corrected chi connectivity index (χ0v) is 12.3. The van der Waals surface area contributed by atoms with E-state index in [2.05, 4.69) is 5.32 Å². The summed E-state index contributed by atoms with van der Waals surface area (Å²) in [6.07, 6.45) is 0.818. The summed E-state index contributed by atoms with van der Waals surface area (Å²) in [5.74, 6) is -1.16. The Balaban J connectivity index is 2.66. The predicted octanol–water partition coefficient (Wildman–Crippen LogP) is 0.836. The van der Waals surface area contributed by atoms with E-state index in [9.17, 15) is 14.7 Å². The van der Waals surface area contributed by atoms with Crippen molar-refractivity contribution in [2.45, 2.75) is 38.5 Å². The van der Waals surface area contributed by atoms with Crippen molar-refractivity contribution in [1.82, 2.24) is 5.32 Å². The number of carbonyl (C=O) groups is 2. The standard InChI is InChI=1S/C15H22N2O4/c1-10(18)11-6-3-4-7-12(11)15(2,21)17-9-5-8-13(16)14(19)20/h3-4,6-7,13,17,21H,5,8-9,16H2,1-2H3,(H,19,20). The van der Waals surface area contributed by atoms with E-state index in [0.29, 0.717) is 30.5 Å². The largest absolute Gasteiger partial charge is 0.480 e. The highest BCUT2D eigenvalue weighted by molar-refractivity contribution is 5.95. The van der Waals surface area contributed by atoms with E-state index in [-0.39, 0.29) is 5.78 Å². The van der Waals surface area contributed by atoms with Crippen molar-refractivity contribution in [2.75, 3.05) is 6.54 Å². The second-order valence-electron chi connectivity index (χ2n) is 5.19. The number of nitrogens with one attached hydrogen (secondary N) is 1. The van der Waals surface area contributed by atoms with Gasteiger partial charge in [0.05, 0.1) is 0 Å². The van der Waals surface area contributed by atoms with Gasteiger partial charge in [-0.05, 0) is 33.2 Å². The smallest absolute Gasteiger partial charge is 0.320 e. The van der Waals surface area contributed by atoms with Crippen LogP contribution in [0, 0.1) is 0 Å². The second-order valence-corrected chi connectivity index (χ2v) is 5.19. The third-order valence-corrected chi connectivity index (χ3v) is 3.31. The molecule has 0 aliphatic heterocycles. The maximum atomic E-state index is 11.6. The van der Waals surface area contributed by atoms with Gasteiger partial charge in [0.15, 0.2) is 5.78 Å². The zero-order chi connectivity index (χ0) is 16.0. The number of benzene rings is 1. The van der Waals surface area contributed by atoms with Crippen molar-refractivity contribution < 1.29 is 19.8 Å². The van der Waals surface area contributed by atoms with Crippen molar-refractivity contribution in [3.63, 3.8) is 0 Å². The summed E-state index contributed by atoms with van der Waals surface area (Å²) in [5, 5.41) is 22.1. The summed E-state index contributed by atoms with van der Waals surface area (Å²) in [7, 11) is 0. The van der Waals surface area contributed by atoms with Crippen LogP contribution < -0.4 is 11.1 Å². The minimum Gasteiger partial charge on any atom is -0.480 e. The maximum Gasteiger partial charge on any atom is 0.320 e. The highest BCUT2D eigenvalue weighted by Gasteiger charge is 2.26. The Hall–Kier alpha value is -1.76. The van der Waals surface area contributed by atoms with Gasteiger partial charge in [-0.25, -0.2) is 0 Å². The number of aliphatic hydroxyl groups is 1. The molecule has 0 radical (unpaired) electrons. The monoisotopic (exact) mass is 294 g/mol. The number of carboxylic acids is 1. The van der Waals surface area contributed by atoms with Gasteiger partial charge in [-0.15, -0.1) is 0 Å². The molecular weight excluding hydrogens is 272 g/mol. The van der Waals surface area contributed by atoms with Crippen LogP contribution >= 0.6 is 0 Å². The van der Waals surface area contributed by atoms with E-state index in [1.807, 2.05) is 0 Å². The summed E-state index contributed by atoms with van der Waals surface area (Å²) >= 11 is 0. The normalized spacial score (nSPS) is 15.2. The zero-order valence-electron chi connectivity index (χ0n) is 12.3. The molecule has 0 bridgehead atoms. The molecule has 2 unspecified atom stereocenters. The summed E-state index contributed by atoms with van der Waals surface area (Å²) < 4.78 is 0. The molecule has 0 spiro atoms. The quantitative estimate of drug-likeness (QED) is 0.321. The number of hydrogen-bond donors (Lipinski definition) is 4. The molecule has 0 saturated carbocycles. The molecule has 5 N–H and O–H groups in total. The SMILES string of the molecule is CC(=O)c1ccccc1C(C)(O)NCCCC(N)C(=O)O. The fraction of sp³-hybridized carbons (Fsp3) is 0.467. The first-order valence-corrected chi connectivity index (χ1v) is 6.82. The van der Waals surface area contributed by atoms with Gasteiger partial charge in [-0.1, -0.05) is 24.3 Å². The van der Waals surface area contributed by atoms with Gasteiger partial charge < -0.3 is 15.9 Å². The van der Waals surface area contributed by atoms with Crippen LogP contribution in [0.2, 0.25) is 0 Å². The number of rotatable bonds is 8. The number of ketones is 1. The van der Waals surface area contributed by atoms with Crippen molar-refractivity contribution in [1.29, 1.82) is 0 Å². The molecule has 0 fully saturated rings. The molecular formula is C15H22N2O4. The fourth-order valence-electron chi connectivity index (χ4n) is 2.09. The van der Waals surface area contributed by atoms with Crippen LogP contribution in [0.3, 0.4) is 0 Å². The Bertz CT molecular complexity index is 514. The molecule has 6 nitrogen and oxygen atoms in total. The molecule has 1 aromatic carbocycles. The molecule has 21 heavy (non-hydrogen) atoms. The molecule has 0 aliphatic carbocycles. The third kappa shape index (κ3) is 4.93. The first kappa shape index (κ1) is 17.3. The first-order chi connectivity index (χ1) is 9.75. The molecule has 0 amide bonds. The second kappa shape index (κ2) is 7.31. The molecule has 1 aromatic rings. The Morgan fingerprint density at radius 3 is 2.57 bits per heavy atom. The lowest BCUT2D eigenvalue weighted by atomic mass is 9.96. The Kier molecular flexibility index (Phi) is 6.02. The van der Waals surface area contributed by atoms with E-state index in [1.165, 1.54) is 6.92 Å². The van der Waals surface area contributed by atoms with Crippen molar-refractivity contribution in [3.8, 4) is 0 Å². The van der Waals surface area contributed by atoms with Crippen LogP contribution in [0.25, 0.3) is 0 Å². The Labute approximate surface area is 124 Å². The maximum absolute atomic E-state index is 11.6.